The fourth-order valence-corrected chi connectivity index (χ4v) is 5.20. The van der Waals surface area contributed by atoms with E-state index in [0.717, 1.165) is 27.6 Å². The van der Waals surface area contributed by atoms with E-state index in [0.29, 0.717) is 32.1 Å². The fraction of sp³-hybridized carbons (Fsp3) is 0.609. The van der Waals surface area contributed by atoms with E-state index in [1.54, 1.807) is 24.3 Å². The Kier molecular flexibility index (Phi) is 10.1. The number of thiophene rings is 1. The summed E-state index contributed by atoms with van der Waals surface area (Å²) >= 11 is 7.74. The molecular weight excluding hydrogens is 408 g/mol. The summed E-state index contributed by atoms with van der Waals surface area (Å²) in [5.41, 5.74) is 1.06. The van der Waals surface area contributed by atoms with Crippen LogP contribution < -0.4 is 0 Å². The number of halogens is 1. The summed E-state index contributed by atoms with van der Waals surface area (Å²) in [4.78, 5) is 12.1. The quantitative estimate of drug-likeness (QED) is 0.346. The van der Waals surface area contributed by atoms with Gasteiger partial charge in [-0.1, -0.05) is 35.9 Å². The van der Waals surface area contributed by atoms with Crippen molar-refractivity contribution < 1.29 is 20.1 Å². The van der Waals surface area contributed by atoms with Gasteiger partial charge >= 0.3 is 0 Å². The Balaban J connectivity index is 1.84. The number of hydrogen-bond acceptors (Lipinski definition) is 5. The zero-order chi connectivity index (χ0) is 21.4. The third kappa shape index (κ3) is 7.99. The number of aryl methyl sites for hydroxylation is 2. The molecule has 3 N–H and O–H groups in total. The molecule has 1 fully saturated rings. The van der Waals surface area contributed by atoms with Crippen LogP contribution in [0.25, 0.3) is 0 Å². The van der Waals surface area contributed by atoms with Crippen molar-refractivity contribution in [1.82, 2.24) is 0 Å². The van der Waals surface area contributed by atoms with Crippen LogP contribution in [0.5, 0.6) is 0 Å². The van der Waals surface area contributed by atoms with Crippen molar-refractivity contribution >= 4 is 28.7 Å². The first-order chi connectivity index (χ1) is 13.8. The zero-order valence-electron chi connectivity index (χ0n) is 17.3. The van der Waals surface area contributed by atoms with Gasteiger partial charge in [-0.3, -0.25) is 0 Å². The Labute approximate surface area is 182 Å². The van der Waals surface area contributed by atoms with Gasteiger partial charge in [0.2, 0.25) is 0 Å². The van der Waals surface area contributed by atoms with Crippen molar-refractivity contribution in [3.05, 3.63) is 45.1 Å². The highest BCUT2D eigenvalue weighted by molar-refractivity contribution is 7.16. The van der Waals surface area contributed by atoms with Crippen LogP contribution in [0.4, 0.5) is 0 Å². The Morgan fingerprint density at radius 2 is 2.10 bits per heavy atom. The van der Waals surface area contributed by atoms with Gasteiger partial charge in [-0.15, -0.1) is 11.3 Å². The molecule has 4 nitrogen and oxygen atoms in total. The highest BCUT2D eigenvalue weighted by Crippen LogP contribution is 2.36. The molecule has 162 valence electrons. The summed E-state index contributed by atoms with van der Waals surface area (Å²) < 4.78 is 0.781. The third-order valence-corrected chi connectivity index (χ3v) is 6.89. The van der Waals surface area contributed by atoms with Gasteiger partial charge in [0.25, 0.3) is 0 Å². The molecule has 0 spiro atoms. The summed E-state index contributed by atoms with van der Waals surface area (Å²) in [6.07, 6.45) is 10.5. The van der Waals surface area contributed by atoms with Gasteiger partial charge in [0.05, 0.1) is 22.6 Å². The molecule has 1 heterocycles. The minimum Gasteiger partial charge on any atom is -0.393 e. The highest BCUT2D eigenvalue weighted by atomic mass is 35.5. The molecule has 6 heteroatoms. The molecular formula is C23H33ClO4S. The van der Waals surface area contributed by atoms with Crippen molar-refractivity contribution in [2.75, 3.05) is 0 Å². The largest absolute Gasteiger partial charge is 0.393 e. The van der Waals surface area contributed by atoms with Crippen molar-refractivity contribution in [2.45, 2.75) is 77.1 Å². The Hall–Kier alpha value is -0.980. The van der Waals surface area contributed by atoms with Gasteiger partial charge in [0.1, 0.15) is 5.78 Å². The molecule has 1 unspecified atom stereocenters. The number of aliphatic hydroxyl groups excluding tert-OH is 3. The number of carbonyl (C=O) groups excluding carboxylic acids is 1. The molecule has 0 bridgehead atoms. The van der Waals surface area contributed by atoms with Gasteiger partial charge in [-0.05, 0) is 63.5 Å². The smallest absolute Gasteiger partial charge is 0.129 e. The number of aliphatic hydroxyl groups is 3. The first-order valence-corrected chi connectivity index (χ1v) is 11.6. The van der Waals surface area contributed by atoms with Gasteiger partial charge < -0.3 is 20.1 Å². The lowest BCUT2D eigenvalue weighted by atomic mass is 9.89. The summed E-state index contributed by atoms with van der Waals surface area (Å²) in [6.45, 7) is 3.61. The second-order valence-electron chi connectivity index (χ2n) is 8.06. The van der Waals surface area contributed by atoms with Crippen molar-refractivity contribution in [3.63, 3.8) is 0 Å². The Morgan fingerprint density at radius 1 is 1.34 bits per heavy atom. The van der Waals surface area contributed by atoms with E-state index in [9.17, 15) is 20.1 Å². The van der Waals surface area contributed by atoms with Crippen LogP contribution in [0.1, 0.15) is 55.9 Å². The molecule has 0 radical (unpaired) electrons. The van der Waals surface area contributed by atoms with Crippen LogP contribution in [-0.2, 0) is 11.2 Å². The maximum absolute atomic E-state index is 11.0. The predicted molar refractivity (Wildman–Crippen MR) is 119 cm³/mol. The molecule has 1 saturated carbocycles. The van der Waals surface area contributed by atoms with Gasteiger partial charge in [0, 0.05) is 23.6 Å². The van der Waals surface area contributed by atoms with Crippen LogP contribution in [0.2, 0.25) is 4.34 Å². The molecule has 1 aliphatic carbocycles. The fourth-order valence-electron chi connectivity index (χ4n) is 3.91. The van der Waals surface area contributed by atoms with E-state index < -0.39 is 18.3 Å². The van der Waals surface area contributed by atoms with Crippen molar-refractivity contribution in [3.8, 4) is 0 Å². The molecule has 2 rings (SSSR count). The normalized spacial score (nSPS) is 26.0. The average Bonchev–Trinajstić information content (AvgIpc) is 3.11. The summed E-state index contributed by atoms with van der Waals surface area (Å²) in [7, 11) is 0. The minimum absolute atomic E-state index is 0.0634. The SMILES string of the molecule is CC(=O)CCC/C=C\C[C@H]1[C@@H](O)CC(O)[C@@H]1/C=C/[C@@H](O)CCc1cc(C)sc1Cl. The van der Waals surface area contributed by atoms with E-state index in [-0.39, 0.29) is 17.6 Å². The number of unbranched alkanes of at least 4 members (excludes halogenated alkanes) is 1. The maximum atomic E-state index is 11.0. The second-order valence-corrected chi connectivity index (χ2v) is 9.92. The van der Waals surface area contributed by atoms with Crippen molar-refractivity contribution in [1.29, 1.82) is 0 Å². The molecule has 1 aromatic heterocycles. The van der Waals surface area contributed by atoms with E-state index in [1.165, 1.54) is 0 Å². The second kappa shape index (κ2) is 12.0. The van der Waals surface area contributed by atoms with E-state index in [4.69, 9.17) is 11.6 Å². The molecule has 29 heavy (non-hydrogen) atoms. The van der Waals surface area contributed by atoms with Crippen molar-refractivity contribution in [2.24, 2.45) is 11.8 Å². The molecule has 1 aromatic rings. The van der Waals surface area contributed by atoms with E-state index in [1.807, 2.05) is 25.2 Å². The van der Waals surface area contributed by atoms with Gasteiger partial charge in [0.15, 0.2) is 0 Å². The number of ketones is 1. The number of hydrogen-bond donors (Lipinski definition) is 3. The lowest BCUT2D eigenvalue weighted by molar-refractivity contribution is -0.117. The van der Waals surface area contributed by atoms with Crippen LogP contribution in [-0.4, -0.2) is 39.4 Å². The lowest BCUT2D eigenvalue weighted by Crippen LogP contribution is -2.20. The maximum Gasteiger partial charge on any atom is 0.129 e. The molecule has 0 amide bonds. The summed E-state index contributed by atoms with van der Waals surface area (Å²) in [5.74, 6) is -0.0344. The van der Waals surface area contributed by atoms with Crippen LogP contribution in [0, 0.1) is 18.8 Å². The monoisotopic (exact) mass is 440 g/mol. The number of Topliss-reactive ketones (excluding diaryl/α,β-unsaturated/α-hetero) is 1. The Bertz CT molecular complexity index is 712. The molecule has 0 aliphatic heterocycles. The first kappa shape index (κ1) is 24.3. The average molecular weight is 441 g/mol. The predicted octanol–water partition coefficient (Wildman–Crippen LogP) is 4.62. The van der Waals surface area contributed by atoms with Crippen LogP contribution in [0.15, 0.2) is 30.4 Å². The lowest BCUT2D eigenvalue weighted by Gasteiger charge is -2.19. The molecule has 0 saturated heterocycles. The van der Waals surface area contributed by atoms with Crippen LogP contribution in [0.3, 0.4) is 0 Å². The topological polar surface area (TPSA) is 77.8 Å². The first-order valence-electron chi connectivity index (χ1n) is 10.4. The number of rotatable bonds is 11. The standard InChI is InChI=1S/C23H33ClO4S/c1-15(25)7-5-3-4-6-8-19-20(22(28)14-21(19)27)12-11-18(26)10-9-17-13-16(2)29-23(17)24/h4,6,11-13,18-22,26-28H,3,5,7-10,14H2,1-2H3/b6-4-,12-11+/t18-,19+,20+,21-,22?/m0/s1. The van der Waals surface area contributed by atoms with E-state index in [2.05, 4.69) is 6.07 Å². The highest BCUT2D eigenvalue weighted by Gasteiger charge is 2.39. The van der Waals surface area contributed by atoms with Crippen LogP contribution >= 0.6 is 22.9 Å². The third-order valence-electron chi connectivity index (χ3n) is 5.54. The molecule has 0 aromatic carbocycles. The minimum atomic E-state index is -0.612. The number of carbonyl (C=O) groups is 1. The summed E-state index contributed by atoms with van der Waals surface area (Å²) in [5, 5.41) is 30.9. The Morgan fingerprint density at radius 3 is 2.76 bits per heavy atom. The summed E-state index contributed by atoms with van der Waals surface area (Å²) in [6, 6.07) is 2.05. The zero-order valence-corrected chi connectivity index (χ0v) is 18.8. The number of allylic oxidation sites excluding steroid dienone is 2. The van der Waals surface area contributed by atoms with E-state index >= 15 is 0 Å². The molecule has 5 atom stereocenters. The van der Waals surface area contributed by atoms with Gasteiger partial charge in [-0.25, -0.2) is 0 Å². The molecule has 1 aliphatic rings. The van der Waals surface area contributed by atoms with Gasteiger partial charge in [-0.2, -0.15) is 0 Å².